The van der Waals surface area contributed by atoms with Gasteiger partial charge in [-0.05, 0) is 41.8 Å². The molecule has 2 rings (SSSR count). The third-order valence-corrected chi connectivity index (χ3v) is 3.17. The molecule has 0 saturated carbocycles. The van der Waals surface area contributed by atoms with E-state index in [-0.39, 0.29) is 12.5 Å². The van der Waals surface area contributed by atoms with Gasteiger partial charge in [0, 0.05) is 12.2 Å². The maximum Gasteiger partial charge on any atom is 0.262 e. The first-order valence-electron chi connectivity index (χ1n) is 7.02. The van der Waals surface area contributed by atoms with E-state index < -0.39 is 0 Å². The lowest BCUT2D eigenvalue weighted by Crippen LogP contribution is -2.20. The van der Waals surface area contributed by atoms with Crippen molar-refractivity contribution in [1.29, 1.82) is 0 Å². The van der Waals surface area contributed by atoms with E-state index in [1.807, 2.05) is 48.5 Å². The summed E-state index contributed by atoms with van der Waals surface area (Å²) in [6.45, 7) is 2.58. The summed E-state index contributed by atoms with van der Waals surface area (Å²) in [7, 11) is 0. The minimum absolute atomic E-state index is 0.00981. The van der Waals surface area contributed by atoms with E-state index in [4.69, 9.17) is 10.5 Å². The van der Waals surface area contributed by atoms with Crippen LogP contribution in [0, 0.1) is 0 Å². The van der Waals surface area contributed by atoms with Crippen LogP contribution in [0.25, 0.3) is 0 Å². The highest BCUT2D eigenvalue weighted by molar-refractivity contribution is 5.91. The molecule has 21 heavy (non-hydrogen) atoms. The van der Waals surface area contributed by atoms with Crippen molar-refractivity contribution in [3.63, 3.8) is 0 Å². The molecule has 0 atom stereocenters. The van der Waals surface area contributed by atoms with Crippen molar-refractivity contribution in [3.8, 4) is 5.75 Å². The molecule has 0 saturated heterocycles. The number of hydrogen-bond donors (Lipinski definition) is 2. The number of rotatable bonds is 6. The molecular weight excluding hydrogens is 264 g/mol. The Morgan fingerprint density at radius 2 is 1.67 bits per heavy atom. The topological polar surface area (TPSA) is 64.3 Å². The minimum atomic E-state index is -0.185. The molecule has 0 aliphatic heterocycles. The van der Waals surface area contributed by atoms with Crippen molar-refractivity contribution in [3.05, 3.63) is 59.7 Å². The van der Waals surface area contributed by atoms with Gasteiger partial charge in [-0.15, -0.1) is 0 Å². The first kappa shape index (κ1) is 15.1. The van der Waals surface area contributed by atoms with Crippen LogP contribution in [0.5, 0.6) is 5.75 Å². The fourth-order valence-electron chi connectivity index (χ4n) is 1.89. The molecule has 4 heteroatoms. The largest absolute Gasteiger partial charge is 0.484 e. The van der Waals surface area contributed by atoms with Crippen LogP contribution in [0.2, 0.25) is 0 Å². The van der Waals surface area contributed by atoms with Crippen LogP contribution in [-0.4, -0.2) is 12.5 Å². The second-order valence-electron chi connectivity index (χ2n) is 4.74. The zero-order valence-electron chi connectivity index (χ0n) is 12.1. The summed E-state index contributed by atoms with van der Waals surface area (Å²) >= 11 is 0. The van der Waals surface area contributed by atoms with Gasteiger partial charge >= 0.3 is 0 Å². The smallest absolute Gasteiger partial charge is 0.262 e. The van der Waals surface area contributed by atoms with Gasteiger partial charge in [-0.3, -0.25) is 4.79 Å². The fourth-order valence-corrected chi connectivity index (χ4v) is 1.89. The van der Waals surface area contributed by atoms with Crippen molar-refractivity contribution in [2.24, 2.45) is 5.73 Å². The molecule has 0 bridgehead atoms. The Morgan fingerprint density at radius 1 is 1.05 bits per heavy atom. The van der Waals surface area contributed by atoms with Crippen LogP contribution in [0.3, 0.4) is 0 Å². The summed E-state index contributed by atoms with van der Waals surface area (Å²) in [5.74, 6) is 0.510. The Bertz CT molecular complexity index is 577. The molecule has 4 nitrogen and oxygen atoms in total. The number of anilines is 1. The van der Waals surface area contributed by atoms with Gasteiger partial charge in [-0.1, -0.05) is 31.2 Å². The molecular formula is C17H20N2O2. The predicted molar refractivity (Wildman–Crippen MR) is 84.3 cm³/mol. The second-order valence-corrected chi connectivity index (χ2v) is 4.74. The maximum absolute atomic E-state index is 11.8. The molecule has 0 heterocycles. The van der Waals surface area contributed by atoms with Gasteiger partial charge in [0.25, 0.3) is 5.91 Å². The molecule has 0 spiro atoms. The minimum Gasteiger partial charge on any atom is -0.484 e. The van der Waals surface area contributed by atoms with Gasteiger partial charge in [-0.25, -0.2) is 0 Å². The molecule has 1 amide bonds. The zero-order valence-corrected chi connectivity index (χ0v) is 12.1. The Balaban J connectivity index is 1.83. The molecule has 2 aromatic carbocycles. The van der Waals surface area contributed by atoms with Crippen LogP contribution in [0.15, 0.2) is 48.5 Å². The highest BCUT2D eigenvalue weighted by atomic mass is 16.5. The molecule has 0 fully saturated rings. The van der Waals surface area contributed by atoms with Gasteiger partial charge < -0.3 is 15.8 Å². The molecule has 0 unspecified atom stereocenters. The van der Waals surface area contributed by atoms with E-state index in [2.05, 4.69) is 12.2 Å². The predicted octanol–water partition coefficient (Wildman–Crippen LogP) is 2.73. The quantitative estimate of drug-likeness (QED) is 0.857. The van der Waals surface area contributed by atoms with E-state index in [1.165, 1.54) is 5.56 Å². The van der Waals surface area contributed by atoms with E-state index in [0.29, 0.717) is 12.3 Å². The summed E-state index contributed by atoms with van der Waals surface area (Å²) in [5.41, 5.74) is 8.54. The Labute approximate surface area is 124 Å². The van der Waals surface area contributed by atoms with E-state index in [0.717, 1.165) is 17.7 Å². The highest BCUT2D eigenvalue weighted by Gasteiger charge is 2.04. The van der Waals surface area contributed by atoms with Gasteiger partial charge in [0.15, 0.2) is 6.61 Å². The molecule has 0 aliphatic rings. The monoisotopic (exact) mass is 284 g/mol. The fraction of sp³-hybridized carbons (Fsp3) is 0.235. The number of carbonyl (C=O) groups is 1. The summed E-state index contributed by atoms with van der Waals surface area (Å²) in [5, 5.41) is 2.78. The Hall–Kier alpha value is -2.33. The molecule has 110 valence electrons. The van der Waals surface area contributed by atoms with Gasteiger partial charge in [0.2, 0.25) is 0 Å². The van der Waals surface area contributed by atoms with Crippen molar-refractivity contribution < 1.29 is 9.53 Å². The zero-order chi connectivity index (χ0) is 15.1. The molecule has 0 radical (unpaired) electrons. The lowest BCUT2D eigenvalue weighted by atomic mass is 10.2. The van der Waals surface area contributed by atoms with Crippen LogP contribution >= 0.6 is 0 Å². The van der Waals surface area contributed by atoms with E-state index in [9.17, 15) is 4.79 Å². The first-order valence-corrected chi connectivity index (χ1v) is 7.02. The Morgan fingerprint density at radius 3 is 2.24 bits per heavy atom. The lowest BCUT2D eigenvalue weighted by molar-refractivity contribution is -0.118. The normalized spacial score (nSPS) is 10.2. The van der Waals surface area contributed by atoms with Crippen LogP contribution in [0.1, 0.15) is 18.1 Å². The third-order valence-electron chi connectivity index (χ3n) is 3.17. The summed E-state index contributed by atoms with van der Waals surface area (Å²) in [6.07, 6.45) is 0.986. The number of carbonyl (C=O) groups excluding carboxylic acids is 1. The van der Waals surface area contributed by atoms with Crippen molar-refractivity contribution >= 4 is 11.6 Å². The van der Waals surface area contributed by atoms with Gasteiger partial charge in [0.1, 0.15) is 5.75 Å². The second kappa shape index (κ2) is 7.45. The first-order chi connectivity index (χ1) is 10.2. The summed E-state index contributed by atoms with van der Waals surface area (Å²) < 4.78 is 5.45. The van der Waals surface area contributed by atoms with Crippen molar-refractivity contribution in [2.45, 2.75) is 19.9 Å². The average molecular weight is 284 g/mol. The third kappa shape index (κ3) is 4.61. The lowest BCUT2D eigenvalue weighted by Gasteiger charge is -2.08. The molecule has 2 aromatic rings. The van der Waals surface area contributed by atoms with Crippen LogP contribution < -0.4 is 15.8 Å². The maximum atomic E-state index is 11.8. The van der Waals surface area contributed by atoms with E-state index >= 15 is 0 Å². The van der Waals surface area contributed by atoms with Crippen LogP contribution in [0.4, 0.5) is 5.69 Å². The molecule has 0 aliphatic carbocycles. The van der Waals surface area contributed by atoms with Crippen molar-refractivity contribution in [1.82, 2.24) is 0 Å². The van der Waals surface area contributed by atoms with E-state index in [1.54, 1.807) is 0 Å². The molecule has 0 aromatic heterocycles. The van der Waals surface area contributed by atoms with Crippen molar-refractivity contribution in [2.75, 3.05) is 11.9 Å². The highest BCUT2D eigenvalue weighted by Crippen LogP contribution is 2.13. The number of nitrogens with two attached hydrogens (primary N) is 1. The number of benzene rings is 2. The molecule has 3 N–H and O–H groups in total. The number of hydrogen-bond acceptors (Lipinski definition) is 3. The summed E-state index contributed by atoms with van der Waals surface area (Å²) in [4.78, 5) is 11.8. The number of ether oxygens (including phenoxy) is 1. The number of amides is 1. The van der Waals surface area contributed by atoms with Gasteiger partial charge in [0.05, 0.1) is 0 Å². The number of nitrogens with one attached hydrogen (secondary N) is 1. The standard InChI is InChI=1S/C17H20N2O2/c1-2-13-5-9-16(10-6-13)21-12-17(20)19-15-7-3-14(11-18)4-8-15/h3-10H,2,11-12,18H2,1H3,(H,19,20). The number of aryl methyl sites for hydroxylation is 1. The van der Waals surface area contributed by atoms with Crippen LogP contribution in [-0.2, 0) is 17.8 Å². The van der Waals surface area contributed by atoms with Gasteiger partial charge in [-0.2, -0.15) is 0 Å². The Kier molecular flexibility index (Phi) is 5.35. The summed E-state index contributed by atoms with van der Waals surface area (Å²) in [6, 6.07) is 15.2. The SMILES string of the molecule is CCc1ccc(OCC(=O)Nc2ccc(CN)cc2)cc1. The average Bonchev–Trinajstić information content (AvgIpc) is 2.54.